The molecule has 1 fully saturated rings. The molecule has 7 nitrogen and oxygen atoms in total. The molecular weight excluding hydrogens is 463 g/mol. The van der Waals surface area contributed by atoms with Crippen molar-refractivity contribution < 1.29 is 13.2 Å². The van der Waals surface area contributed by atoms with Crippen molar-refractivity contribution in [2.45, 2.75) is 4.90 Å². The average Bonchev–Trinajstić information content (AvgIpc) is 3.13. The van der Waals surface area contributed by atoms with Gasteiger partial charge in [-0.2, -0.15) is 9.40 Å². The van der Waals surface area contributed by atoms with Crippen LogP contribution in [0, 0.1) is 3.70 Å². The molecule has 1 saturated heterocycles. The summed E-state index contributed by atoms with van der Waals surface area (Å²) < 4.78 is 34.5. The fourth-order valence-corrected chi connectivity index (χ4v) is 5.45. The Bertz CT molecular complexity index is 944. The topological polar surface area (TPSA) is 76.8 Å². The Kier molecular flexibility index (Phi) is 4.33. The van der Waals surface area contributed by atoms with E-state index in [9.17, 15) is 8.42 Å². The van der Waals surface area contributed by atoms with Crippen molar-refractivity contribution in [1.82, 2.24) is 18.9 Å². The predicted octanol–water partition coefficient (Wildman–Crippen LogP) is 2.08. The first kappa shape index (κ1) is 16.4. The van der Waals surface area contributed by atoms with Crippen LogP contribution in [0.2, 0.25) is 0 Å². The Morgan fingerprint density at radius 3 is 2.54 bits per heavy atom. The number of morpholine rings is 1. The molecule has 3 aromatic rings. The number of rotatable bonds is 3. The summed E-state index contributed by atoms with van der Waals surface area (Å²) >= 11 is 3.62. The number of halogens is 1. The van der Waals surface area contributed by atoms with Crippen molar-refractivity contribution >= 4 is 48.9 Å². The van der Waals surface area contributed by atoms with E-state index in [2.05, 4.69) is 32.7 Å². The number of sulfonamides is 1. The highest BCUT2D eigenvalue weighted by Crippen LogP contribution is 2.27. The van der Waals surface area contributed by atoms with Crippen molar-refractivity contribution in [3.8, 4) is 10.6 Å². The van der Waals surface area contributed by atoms with Crippen molar-refractivity contribution in [2.75, 3.05) is 26.3 Å². The van der Waals surface area contributed by atoms with E-state index in [0.29, 0.717) is 31.2 Å². The van der Waals surface area contributed by atoms with Gasteiger partial charge in [0.2, 0.25) is 15.0 Å². The summed E-state index contributed by atoms with van der Waals surface area (Å²) in [6.45, 7) is 1.67. The van der Waals surface area contributed by atoms with Crippen LogP contribution in [0.5, 0.6) is 0 Å². The summed E-state index contributed by atoms with van der Waals surface area (Å²) in [5, 5.41) is 5.29. The quantitative estimate of drug-likeness (QED) is 0.542. The van der Waals surface area contributed by atoms with Crippen molar-refractivity contribution in [2.24, 2.45) is 0 Å². The van der Waals surface area contributed by atoms with Gasteiger partial charge < -0.3 is 4.74 Å². The molecule has 126 valence electrons. The molecule has 0 atom stereocenters. The molecule has 1 aromatic carbocycles. The van der Waals surface area contributed by atoms with Gasteiger partial charge in [0.1, 0.15) is 8.71 Å². The second-order valence-corrected chi connectivity index (χ2v) is 9.24. The first-order valence-corrected chi connectivity index (χ1v) is 10.6. The first-order valence-electron chi connectivity index (χ1n) is 7.24. The number of aromatic nitrogens is 3. The van der Waals surface area contributed by atoms with E-state index >= 15 is 0 Å². The SMILES string of the molecule is O=S(=O)(c1ccc(-c2nn3cc(I)nc3s2)cc1)N1CCOCC1. The third-order valence-electron chi connectivity index (χ3n) is 3.72. The molecule has 0 saturated carbocycles. The van der Waals surface area contributed by atoms with Gasteiger partial charge >= 0.3 is 0 Å². The molecule has 0 radical (unpaired) electrons. The zero-order valence-electron chi connectivity index (χ0n) is 12.4. The Hall–Kier alpha value is -1.08. The summed E-state index contributed by atoms with van der Waals surface area (Å²) in [7, 11) is -3.46. The fraction of sp³-hybridized carbons (Fsp3) is 0.286. The lowest BCUT2D eigenvalue weighted by atomic mass is 10.2. The van der Waals surface area contributed by atoms with E-state index in [1.54, 1.807) is 28.8 Å². The number of hydrogen-bond acceptors (Lipinski definition) is 6. The highest BCUT2D eigenvalue weighted by Gasteiger charge is 2.26. The van der Waals surface area contributed by atoms with Gasteiger partial charge in [0.05, 0.1) is 24.3 Å². The summed E-state index contributed by atoms with van der Waals surface area (Å²) in [4.78, 5) is 5.48. The van der Waals surface area contributed by atoms with E-state index in [1.807, 2.05) is 6.20 Å². The van der Waals surface area contributed by atoms with Crippen LogP contribution in [0.25, 0.3) is 15.5 Å². The smallest absolute Gasteiger partial charge is 0.243 e. The van der Waals surface area contributed by atoms with E-state index in [-0.39, 0.29) is 0 Å². The van der Waals surface area contributed by atoms with Crippen LogP contribution in [0.4, 0.5) is 0 Å². The van der Waals surface area contributed by atoms with Crippen molar-refractivity contribution in [1.29, 1.82) is 0 Å². The van der Waals surface area contributed by atoms with E-state index < -0.39 is 10.0 Å². The normalized spacial score (nSPS) is 16.7. The Labute approximate surface area is 156 Å². The molecule has 0 bridgehead atoms. The van der Waals surface area contributed by atoms with Crippen LogP contribution >= 0.6 is 33.9 Å². The van der Waals surface area contributed by atoms with Crippen LogP contribution in [-0.4, -0.2) is 53.6 Å². The number of hydrogen-bond donors (Lipinski definition) is 0. The van der Waals surface area contributed by atoms with Crippen LogP contribution in [0.15, 0.2) is 35.4 Å². The number of imidazole rings is 1. The minimum atomic E-state index is -3.46. The van der Waals surface area contributed by atoms with Gasteiger partial charge in [0.15, 0.2) is 0 Å². The fourth-order valence-electron chi connectivity index (χ4n) is 2.50. The molecule has 1 aliphatic heterocycles. The molecule has 0 N–H and O–H groups in total. The summed E-state index contributed by atoms with van der Waals surface area (Å²) in [5.41, 5.74) is 0.876. The molecule has 4 rings (SSSR count). The maximum Gasteiger partial charge on any atom is 0.243 e. The molecule has 24 heavy (non-hydrogen) atoms. The highest BCUT2D eigenvalue weighted by molar-refractivity contribution is 14.1. The molecular formula is C14H13IN4O3S2. The molecule has 0 aliphatic carbocycles. The number of nitrogens with zero attached hydrogens (tertiary/aromatic N) is 4. The lowest BCUT2D eigenvalue weighted by molar-refractivity contribution is 0.0730. The van der Waals surface area contributed by atoms with Gasteiger partial charge in [0, 0.05) is 18.7 Å². The molecule has 2 aromatic heterocycles. The zero-order valence-corrected chi connectivity index (χ0v) is 16.2. The van der Waals surface area contributed by atoms with Gasteiger partial charge in [-0.25, -0.2) is 17.9 Å². The first-order chi connectivity index (χ1) is 11.5. The Morgan fingerprint density at radius 1 is 1.17 bits per heavy atom. The lowest BCUT2D eigenvalue weighted by Crippen LogP contribution is -2.40. The largest absolute Gasteiger partial charge is 0.379 e. The number of fused-ring (bicyclic) bond motifs is 1. The number of ether oxygens (including phenoxy) is 1. The van der Waals surface area contributed by atoms with Gasteiger partial charge in [-0.1, -0.05) is 23.5 Å². The third-order valence-corrected chi connectivity index (χ3v) is 7.13. The van der Waals surface area contributed by atoms with Gasteiger partial charge in [-0.15, -0.1) is 0 Å². The number of benzene rings is 1. The van der Waals surface area contributed by atoms with Crippen molar-refractivity contribution in [3.63, 3.8) is 0 Å². The minimum absolute atomic E-state index is 0.295. The second-order valence-electron chi connectivity index (χ2n) is 5.24. The van der Waals surface area contributed by atoms with E-state index in [0.717, 1.165) is 19.2 Å². The maximum absolute atomic E-state index is 12.6. The Morgan fingerprint density at radius 2 is 1.88 bits per heavy atom. The van der Waals surface area contributed by atoms with Gasteiger partial charge in [-0.05, 0) is 34.7 Å². The lowest BCUT2D eigenvalue weighted by Gasteiger charge is -2.26. The second kappa shape index (κ2) is 6.33. The summed E-state index contributed by atoms with van der Waals surface area (Å²) in [6, 6.07) is 6.84. The molecule has 3 heterocycles. The zero-order chi connectivity index (χ0) is 16.7. The summed E-state index contributed by atoms with van der Waals surface area (Å²) in [6.07, 6.45) is 1.85. The van der Waals surface area contributed by atoms with Crippen molar-refractivity contribution in [3.05, 3.63) is 34.2 Å². The molecule has 10 heteroatoms. The predicted molar refractivity (Wildman–Crippen MR) is 98.6 cm³/mol. The van der Waals surface area contributed by atoms with Crippen LogP contribution < -0.4 is 0 Å². The van der Waals surface area contributed by atoms with Crippen LogP contribution in [0.3, 0.4) is 0 Å². The van der Waals surface area contributed by atoms with Gasteiger partial charge in [0.25, 0.3) is 0 Å². The molecule has 1 aliphatic rings. The average molecular weight is 476 g/mol. The maximum atomic E-state index is 12.6. The molecule has 0 amide bonds. The highest BCUT2D eigenvalue weighted by atomic mass is 127. The molecule has 0 unspecified atom stereocenters. The molecule has 0 spiro atoms. The van der Waals surface area contributed by atoms with E-state index in [4.69, 9.17) is 4.74 Å². The van der Waals surface area contributed by atoms with Gasteiger partial charge in [-0.3, -0.25) is 0 Å². The van der Waals surface area contributed by atoms with E-state index in [1.165, 1.54) is 15.6 Å². The van der Waals surface area contributed by atoms with Crippen LogP contribution in [0.1, 0.15) is 0 Å². The summed E-state index contributed by atoms with van der Waals surface area (Å²) in [5.74, 6) is 0. The Balaban J connectivity index is 1.62. The monoisotopic (exact) mass is 476 g/mol. The van der Waals surface area contributed by atoms with Crippen LogP contribution in [-0.2, 0) is 14.8 Å². The standard InChI is InChI=1S/C14H13IN4O3S2/c15-12-9-19-14(16-12)23-13(17-19)10-1-3-11(4-2-10)24(20,21)18-5-7-22-8-6-18/h1-4,9H,5-8H2. The minimum Gasteiger partial charge on any atom is -0.379 e. The third kappa shape index (κ3) is 2.96.